The van der Waals surface area contributed by atoms with Gasteiger partial charge in [-0.2, -0.15) is 4.31 Å². The quantitative estimate of drug-likeness (QED) is 0.679. The fourth-order valence-electron chi connectivity index (χ4n) is 3.61. The topological polar surface area (TPSA) is 83.3 Å². The monoisotopic (exact) mass is 385 g/mol. The molecule has 146 valence electrons. The molecule has 0 aliphatic carbocycles. The van der Waals surface area contributed by atoms with Crippen LogP contribution in [0.5, 0.6) is 0 Å². The minimum atomic E-state index is -3.33. The van der Waals surface area contributed by atoms with Gasteiger partial charge in [-0.25, -0.2) is 8.42 Å². The van der Waals surface area contributed by atoms with Crippen LogP contribution in [0.1, 0.15) is 23.4 Å². The average Bonchev–Trinajstić information content (AvgIpc) is 3.30. The Balaban J connectivity index is 1.55. The van der Waals surface area contributed by atoms with Gasteiger partial charge in [0.15, 0.2) is 5.76 Å². The van der Waals surface area contributed by atoms with Gasteiger partial charge in [0.1, 0.15) is 0 Å². The number of ether oxygens (including phenoxy) is 1. The predicted octanol–water partition coefficient (Wildman–Crippen LogP) is 0.478. The first kappa shape index (κ1) is 19.3. The van der Waals surface area contributed by atoms with Gasteiger partial charge in [0.05, 0.1) is 25.7 Å². The highest BCUT2D eigenvalue weighted by molar-refractivity contribution is 7.88. The van der Waals surface area contributed by atoms with E-state index in [1.165, 1.54) is 12.5 Å². The van der Waals surface area contributed by atoms with Crippen molar-refractivity contribution in [3.63, 3.8) is 0 Å². The number of carbonyl (C=O) groups excluding carboxylic acids is 1. The van der Waals surface area contributed by atoms with E-state index in [9.17, 15) is 13.2 Å². The molecular formula is C17H27N3O5S. The summed E-state index contributed by atoms with van der Waals surface area (Å²) in [7, 11) is -3.33. The molecule has 3 rings (SSSR count). The van der Waals surface area contributed by atoms with Crippen LogP contribution in [0.25, 0.3) is 0 Å². The first-order valence-corrected chi connectivity index (χ1v) is 10.9. The van der Waals surface area contributed by atoms with E-state index in [2.05, 4.69) is 4.90 Å². The summed E-state index contributed by atoms with van der Waals surface area (Å²) in [5, 5.41) is 0. The van der Waals surface area contributed by atoms with Gasteiger partial charge in [0.25, 0.3) is 5.91 Å². The van der Waals surface area contributed by atoms with Crippen molar-refractivity contribution in [2.24, 2.45) is 0 Å². The van der Waals surface area contributed by atoms with Gasteiger partial charge >= 0.3 is 0 Å². The number of nitrogens with zero attached hydrogens (tertiary/aromatic N) is 3. The van der Waals surface area contributed by atoms with E-state index >= 15 is 0 Å². The summed E-state index contributed by atoms with van der Waals surface area (Å²) in [5.74, 6) is 0.114. The van der Waals surface area contributed by atoms with E-state index < -0.39 is 10.0 Å². The Hall–Kier alpha value is -1.42. The molecule has 0 radical (unpaired) electrons. The summed E-state index contributed by atoms with van der Waals surface area (Å²) >= 11 is 0. The molecule has 0 bridgehead atoms. The van der Waals surface area contributed by atoms with Crippen molar-refractivity contribution in [3.8, 4) is 0 Å². The predicted molar refractivity (Wildman–Crippen MR) is 96.4 cm³/mol. The molecule has 2 aliphatic rings. The maximum Gasteiger partial charge on any atom is 0.289 e. The molecule has 1 atom stereocenters. The molecule has 26 heavy (non-hydrogen) atoms. The maximum absolute atomic E-state index is 12.4. The molecule has 2 saturated heterocycles. The molecule has 9 heteroatoms. The van der Waals surface area contributed by atoms with Gasteiger partial charge in [-0.05, 0) is 31.5 Å². The number of hydrogen-bond donors (Lipinski definition) is 0. The Morgan fingerprint density at radius 3 is 2.73 bits per heavy atom. The minimum Gasteiger partial charge on any atom is -0.459 e. The smallest absolute Gasteiger partial charge is 0.289 e. The van der Waals surface area contributed by atoms with Crippen molar-refractivity contribution in [2.45, 2.75) is 18.9 Å². The molecule has 0 aromatic carbocycles. The third kappa shape index (κ3) is 4.85. The average molecular weight is 385 g/mol. The Morgan fingerprint density at radius 2 is 2.08 bits per heavy atom. The minimum absolute atomic E-state index is 0.173. The van der Waals surface area contributed by atoms with Crippen molar-refractivity contribution in [2.75, 3.05) is 58.7 Å². The lowest BCUT2D eigenvalue weighted by Crippen LogP contribution is -2.44. The summed E-state index contributed by atoms with van der Waals surface area (Å²) in [6.07, 6.45) is 4.14. The maximum atomic E-state index is 12.4. The van der Waals surface area contributed by atoms with Crippen LogP contribution >= 0.6 is 0 Å². The first-order chi connectivity index (χ1) is 12.4. The Morgan fingerprint density at radius 1 is 1.31 bits per heavy atom. The van der Waals surface area contributed by atoms with Gasteiger partial charge in [0, 0.05) is 38.8 Å². The number of carbonyl (C=O) groups is 1. The molecule has 2 aliphatic heterocycles. The van der Waals surface area contributed by atoms with Crippen LogP contribution < -0.4 is 0 Å². The molecule has 0 saturated carbocycles. The second-order valence-electron chi connectivity index (χ2n) is 6.85. The highest BCUT2D eigenvalue weighted by atomic mass is 32.2. The zero-order chi connectivity index (χ0) is 18.6. The lowest BCUT2D eigenvalue weighted by atomic mass is 10.2. The van der Waals surface area contributed by atoms with Crippen LogP contribution in [-0.4, -0.2) is 93.2 Å². The van der Waals surface area contributed by atoms with E-state index in [1.54, 1.807) is 21.3 Å². The van der Waals surface area contributed by atoms with Crippen LogP contribution in [0.3, 0.4) is 0 Å². The molecular weight excluding hydrogens is 358 g/mol. The zero-order valence-electron chi connectivity index (χ0n) is 15.2. The number of sulfonamides is 1. The van der Waals surface area contributed by atoms with Crippen molar-refractivity contribution in [1.29, 1.82) is 0 Å². The van der Waals surface area contributed by atoms with E-state index in [0.29, 0.717) is 31.8 Å². The van der Waals surface area contributed by atoms with Crippen LogP contribution in [0.15, 0.2) is 22.8 Å². The highest BCUT2D eigenvalue weighted by Crippen LogP contribution is 2.21. The van der Waals surface area contributed by atoms with E-state index in [4.69, 9.17) is 9.15 Å². The molecule has 0 N–H and O–H groups in total. The molecule has 8 nitrogen and oxygen atoms in total. The highest BCUT2D eigenvalue weighted by Gasteiger charge is 2.35. The number of morpholine rings is 1. The Kier molecular flexibility index (Phi) is 6.33. The van der Waals surface area contributed by atoms with Gasteiger partial charge in [-0.15, -0.1) is 0 Å². The van der Waals surface area contributed by atoms with Crippen molar-refractivity contribution >= 4 is 15.9 Å². The second kappa shape index (κ2) is 8.51. The summed E-state index contributed by atoms with van der Waals surface area (Å²) < 4.78 is 36.6. The molecule has 1 aromatic rings. The zero-order valence-corrected chi connectivity index (χ0v) is 16.0. The fraction of sp³-hybridized carbons (Fsp3) is 0.706. The van der Waals surface area contributed by atoms with Crippen molar-refractivity contribution < 1.29 is 22.4 Å². The van der Waals surface area contributed by atoms with Crippen LogP contribution in [0.4, 0.5) is 0 Å². The summed E-state index contributed by atoms with van der Waals surface area (Å²) in [4.78, 5) is 16.4. The lowest BCUT2D eigenvalue weighted by molar-refractivity contribution is 0.0366. The second-order valence-corrected chi connectivity index (χ2v) is 8.79. The third-order valence-corrected chi connectivity index (χ3v) is 6.31. The Labute approximate surface area is 154 Å². The van der Waals surface area contributed by atoms with E-state index in [-0.39, 0.29) is 11.9 Å². The van der Waals surface area contributed by atoms with E-state index in [0.717, 1.165) is 39.3 Å². The molecule has 1 amide bonds. The van der Waals surface area contributed by atoms with Crippen molar-refractivity contribution in [3.05, 3.63) is 24.2 Å². The van der Waals surface area contributed by atoms with Crippen LogP contribution in [0, 0.1) is 0 Å². The standard InChI is InChI=1S/C17H27N3O5S/c1-26(22,23)20(7-3-6-18-9-12-24-13-10-18)15-5-8-19(14-15)17(21)16-4-2-11-25-16/h2,4,11,15H,3,5-10,12-14H2,1H3. The summed E-state index contributed by atoms with van der Waals surface area (Å²) in [6.45, 7) is 5.55. The largest absolute Gasteiger partial charge is 0.459 e. The normalized spacial score (nSPS) is 22.2. The van der Waals surface area contributed by atoms with Crippen molar-refractivity contribution in [1.82, 2.24) is 14.1 Å². The van der Waals surface area contributed by atoms with Crippen LogP contribution in [-0.2, 0) is 14.8 Å². The summed E-state index contributed by atoms with van der Waals surface area (Å²) in [5.41, 5.74) is 0. The number of furan rings is 1. The molecule has 2 fully saturated rings. The SMILES string of the molecule is CS(=O)(=O)N(CCCN1CCOCC1)C1CCN(C(=O)c2ccco2)C1. The van der Waals surface area contributed by atoms with Gasteiger partial charge in [0.2, 0.25) is 10.0 Å². The van der Waals surface area contributed by atoms with Crippen LogP contribution in [0.2, 0.25) is 0 Å². The molecule has 0 spiro atoms. The van der Waals surface area contributed by atoms with E-state index in [1.807, 2.05) is 0 Å². The number of hydrogen-bond acceptors (Lipinski definition) is 6. The number of rotatable bonds is 7. The number of amides is 1. The number of likely N-dealkylation sites (tertiary alicyclic amines) is 1. The lowest BCUT2D eigenvalue weighted by Gasteiger charge is -2.29. The fourth-order valence-corrected chi connectivity index (χ4v) is 4.79. The Bertz CT molecular complexity index is 685. The first-order valence-electron chi connectivity index (χ1n) is 9.05. The molecule has 1 unspecified atom stereocenters. The molecule has 3 heterocycles. The third-order valence-electron chi connectivity index (χ3n) is 4.97. The molecule has 1 aromatic heterocycles. The summed E-state index contributed by atoms with van der Waals surface area (Å²) in [6, 6.07) is 3.13. The van der Waals surface area contributed by atoms with Gasteiger partial charge in [-0.3, -0.25) is 9.69 Å². The van der Waals surface area contributed by atoms with Gasteiger partial charge < -0.3 is 14.1 Å². The van der Waals surface area contributed by atoms with Gasteiger partial charge in [-0.1, -0.05) is 0 Å².